The predicted octanol–water partition coefficient (Wildman–Crippen LogP) is 3.52. The summed E-state index contributed by atoms with van der Waals surface area (Å²) < 4.78 is 42.1. The van der Waals surface area contributed by atoms with Gasteiger partial charge in [-0.1, -0.05) is 12.1 Å². The third-order valence-electron chi connectivity index (χ3n) is 5.28. The Morgan fingerprint density at radius 2 is 2.10 bits per heavy atom. The lowest BCUT2D eigenvalue weighted by Gasteiger charge is -2.24. The summed E-state index contributed by atoms with van der Waals surface area (Å²) in [5.74, 6) is -0.550. The minimum atomic E-state index is -3.72. The van der Waals surface area contributed by atoms with Crippen molar-refractivity contribution in [2.45, 2.75) is 5.92 Å². The van der Waals surface area contributed by atoms with Gasteiger partial charge in [0.1, 0.15) is 9.51 Å². The zero-order valence-corrected chi connectivity index (χ0v) is 19.5. The van der Waals surface area contributed by atoms with E-state index in [4.69, 9.17) is 0 Å². The number of fused-ring (bicyclic) bond motifs is 1. The first-order valence-electron chi connectivity index (χ1n) is 9.78. The quantitative estimate of drug-likeness (QED) is 0.582. The SMILES string of the molecule is CNCC1CN(S(=O)(=O)C2=CN(C)CC=C2)c2cc(Nc3ccc(F)nc3Br)ccc21. The summed E-state index contributed by atoms with van der Waals surface area (Å²) in [6, 6.07) is 8.48. The van der Waals surface area contributed by atoms with Crippen LogP contribution in [0.5, 0.6) is 0 Å². The fraction of sp³-hybridized carbons (Fsp3) is 0.286. The van der Waals surface area contributed by atoms with Gasteiger partial charge in [0, 0.05) is 44.5 Å². The fourth-order valence-electron chi connectivity index (χ4n) is 3.82. The van der Waals surface area contributed by atoms with Crippen LogP contribution >= 0.6 is 15.9 Å². The Morgan fingerprint density at radius 3 is 2.81 bits per heavy atom. The van der Waals surface area contributed by atoms with Crippen LogP contribution in [0.2, 0.25) is 0 Å². The molecule has 31 heavy (non-hydrogen) atoms. The molecule has 10 heteroatoms. The highest BCUT2D eigenvalue weighted by Gasteiger charge is 2.37. The number of nitrogens with zero attached hydrogens (tertiary/aromatic N) is 3. The second kappa shape index (κ2) is 8.60. The minimum Gasteiger partial charge on any atom is -0.376 e. The molecule has 1 atom stereocenters. The maximum Gasteiger partial charge on any atom is 0.265 e. The number of halogens is 2. The Kier molecular flexibility index (Phi) is 6.05. The molecule has 0 amide bonds. The van der Waals surface area contributed by atoms with Crippen LogP contribution in [0.15, 0.2) is 58.2 Å². The lowest BCUT2D eigenvalue weighted by atomic mass is 10.0. The highest BCUT2D eigenvalue weighted by atomic mass is 79.9. The van der Waals surface area contributed by atoms with Crippen molar-refractivity contribution < 1.29 is 12.8 Å². The summed E-state index contributed by atoms with van der Waals surface area (Å²) in [7, 11) is -0.0245. The maximum absolute atomic E-state index is 13.5. The van der Waals surface area contributed by atoms with Gasteiger partial charge in [-0.05, 0) is 58.9 Å². The molecule has 0 aliphatic carbocycles. The van der Waals surface area contributed by atoms with E-state index in [2.05, 4.69) is 31.5 Å². The number of likely N-dealkylation sites (N-methyl/N-ethyl adjacent to an activating group) is 2. The highest BCUT2D eigenvalue weighted by molar-refractivity contribution is 9.10. The molecule has 1 aromatic heterocycles. The van der Waals surface area contributed by atoms with Gasteiger partial charge in [-0.2, -0.15) is 4.39 Å². The summed E-state index contributed by atoms with van der Waals surface area (Å²) in [6.07, 6.45) is 5.15. The molecular weight excluding hydrogens is 485 g/mol. The summed E-state index contributed by atoms with van der Waals surface area (Å²) in [4.78, 5) is 5.86. The highest BCUT2D eigenvalue weighted by Crippen LogP contribution is 2.41. The van der Waals surface area contributed by atoms with Gasteiger partial charge < -0.3 is 15.5 Å². The number of hydrogen-bond donors (Lipinski definition) is 2. The van der Waals surface area contributed by atoms with E-state index in [0.29, 0.717) is 41.3 Å². The molecular formula is C21H23BrFN5O2S. The molecule has 2 aliphatic heterocycles. The molecule has 1 unspecified atom stereocenters. The van der Waals surface area contributed by atoms with E-state index in [-0.39, 0.29) is 10.8 Å². The number of anilines is 3. The van der Waals surface area contributed by atoms with Gasteiger partial charge in [0.25, 0.3) is 10.0 Å². The molecule has 1 aromatic carbocycles. The first-order chi connectivity index (χ1) is 14.8. The average molecular weight is 508 g/mol. The van der Waals surface area contributed by atoms with Gasteiger partial charge in [0.2, 0.25) is 5.95 Å². The Balaban J connectivity index is 1.72. The van der Waals surface area contributed by atoms with Crippen LogP contribution in [0, 0.1) is 5.95 Å². The normalized spacial score (nSPS) is 18.2. The average Bonchev–Trinajstić information content (AvgIpc) is 3.09. The van der Waals surface area contributed by atoms with E-state index in [9.17, 15) is 12.8 Å². The van der Waals surface area contributed by atoms with Gasteiger partial charge in [0.15, 0.2) is 0 Å². The lowest BCUT2D eigenvalue weighted by molar-refractivity contribution is 0.501. The van der Waals surface area contributed by atoms with E-state index in [1.165, 1.54) is 10.4 Å². The molecule has 2 aliphatic rings. The molecule has 4 rings (SSSR count). The zero-order chi connectivity index (χ0) is 22.2. The van der Waals surface area contributed by atoms with Crippen molar-refractivity contribution in [1.29, 1.82) is 0 Å². The molecule has 0 saturated carbocycles. The second-order valence-electron chi connectivity index (χ2n) is 7.54. The van der Waals surface area contributed by atoms with Gasteiger partial charge in [-0.3, -0.25) is 4.31 Å². The monoisotopic (exact) mass is 507 g/mol. The minimum absolute atomic E-state index is 0.0361. The summed E-state index contributed by atoms with van der Waals surface area (Å²) in [5, 5.41) is 6.34. The number of benzene rings is 1. The van der Waals surface area contributed by atoms with Gasteiger partial charge in [-0.15, -0.1) is 0 Å². The van der Waals surface area contributed by atoms with Crippen LogP contribution in [0.1, 0.15) is 11.5 Å². The topological polar surface area (TPSA) is 77.6 Å². The number of sulfonamides is 1. The molecule has 2 aromatic rings. The molecule has 0 fully saturated rings. The first-order valence-corrected chi connectivity index (χ1v) is 12.0. The van der Waals surface area contributed by atoms with Crippen molar-refractivity contribution in [3.8, 4) is 0 Å². The van der Waals surface area contributed by atoms with Crippen LogP contribution in [0.25, 0.3) is 0 Å². The predicted molar refractivity (Wildman–Crippen MR) is 124 cm³/mol. The van der Waals surface area contributed by atoms with Crippen LogP contribution in [0.4, 0.5) is 21.5 Å². The van der Waals surface area contributed by atoms with Crippen molar-refractivity contribution in [3.05, 3.63) is 69.7 Å². The Hall–Kier alpha value is -2.43. The number of pyridine rings is 1. The van der Waals surface area contributed by atoms with E-state index in [0.717, 1.165) is 5.56 Å². The van der Waals surface area contributed by atoms with Crippen LogP contribution in [-0.4, -0.2) is 52.0 Å². The van der Waals surface area contributed by atoms with Gasteiger partial charge >= 0.3 is 0 Å². The number of hydrogen-bond acceptors (Lipinski definition) is 6. The van der Waals surface area contributed by atoms with E-state index in [1.807, 2.05) is 43.3 Å². The van der Waals surface area contributed by atoms with Crippen molar-refractivity contribution in [2.24, 2.45) is 0 Å². The Labute approximate surface area is 189 Å². The van der Waals surface area contributed by atoms with Gasteiger partial charge in [-0.25, -0.2) is 13.4 Å². The summed E-state index contributed by atoms with van der Waals surface area (Å²) >= 11 is 3.25. The third kappa shape index (κ3) is 4.32. The standard InChI is InChI=1S/C21H23BrFN5O2S/c1-24-11-14-12-28(31(29,30)16-4-3-9-27(2)13-16)19-10-15(5-6-17(14)19)25-18-7-8-20(23)26-21(18)22/h3-8,10,13-14,24-25H,9,11-12H2,1-2H3. The lowest BCUT2D eigenvalue weighted by Crippen LogP contribution is -2.33. The number of allylic oxidation sites excluding steroid dienone is 1. The molecule has 0 bridgehead atoms. The Bertz CT molecular complexity index is 1170. The maximum atomic E-state index is 13.5. The molecule has 0 saturated heterocycles. The van der Waals surface area contributed by atoms with Crippen LogP contribution in [0.3, 0.4) is 0 Å². The van der Waals surface area contributed by atoms with Crippen LogP contribution < -0.4 is 14.9 Å². The largest absolute Gasteiger partial charge is 0.376 e. The molecule has 7 nitrogen and oxygen atoms in total. The smallest absolute Gasteiger partial charge is 0.265 e. The van der Waals surface area contributed by atoms with Crippen molar-refractivity contribution in [3.63, 3.8) is 0 Å². The fourth-order valence-corrected chi connectivity index (χ4v) is 5.85. The molecule has 164 valence electrons. The van der Waals surface area contributed by atoms with Crippen molar-refractivity contribution in [2.75, 3.05) is 43.4 Å². The molecule has 2 N–H and O–H groups in total. The third-order valence-corrected chi connectivity index (χ3v) is 7.65. The molecule has 0 radical (unpaired) electrons. The second-order valence-corrected chi connectivity index (χ2v) is 10.1. The van der Waals surface area contributed by atoms with Crippen molar-refractivity contribution in [1.82, 2.24) is 15.2 Å². The first kappa shape index (κ1) is 21.8. The Morgan fingerprint density at radius 1 is 1.29 bits per heavy atom. The van der Waals surface area contributed by atoms with E-state index in [1.54, 1.807) is 18.3 Å². The summed E-state index contributed by atoms with van der Waals surface area (Å²) in [5.41, 5.74) is 2.87. The number of aromatic nitrogens is 1. The molecule has 3 heterocycles. The van der Waals surface area contributed by atoms with E-state index >= 15 is 0 Å². The molecule has 0 spiro atoms. The summed E-state index contributed by atoms with van der Waals surface area (Å²) in [6.45, 7) is 1.69. The number of rotatable bonds is 6. The van der Waals surface area contributed by atoms with Crippen LogP contribution in [-0.2, 0) is 10.0 Å². The van der Waals surface area contributed by atoms with E-state index < -0.39 is 16.0 Å². The number of nitrogens with one attached hydrogen (secondary N) is 2. The van der Waals surface area contributed by atoms with Crippen molar-refractivity contribution >= 4 is 43.0 Å². The van der Waals surface area contributed by atoms with Gasteiger partial charge in [0.05, 0.1) is 11.4 Å². The zero-order valence-electron chi connectivity index (χ0n) is 17.1.